The fraction of sp³-hybridized carbons (Fsp3) is 0.769. The van der Waals surface area contributed by atoms with Crippen molar-refractivity contribution >= 4 is 12.5 Å². The standard InChI is InChI=1S/C26H39N3O3/c1-2-3-14-32-25(31)28-17-20-6-4-5-7-24(20)26(18-28)10-12-27(13-11-26)23-15-21-8-9-22(16-23)29(21)19-30/h4,6,19,21-23H,2-3,5,7-18H2,1H3. The molecule has 5 rings (SSSR count). The molecule has 2 unspecified atom stereocenters. The van der Waals surface area contributed by atoms with Crippen LogP contribution in [0.4, 0.5) is 4.79 Å². The van der Waals surface area contributed by atoms with E-state index >= 15 is 0 Å². The molecule has 3 saturated heterocycles. The zero-order valence-electron chi connectivity index (χ0n) is 19.6. The van der Waals surface area contributed by atoms with Gasteiger partial charge in [-0.3, -0.25) is 4.79 Å². The fourth-order valence-electron chi connectivity index (χ4n) is 7.15. The van der Waals surface area contributed by atoms with Gasteiger partial charge < -0.3 is 19.4 Å². The highest BCUT2D eigenvalue weighted by atomic mass is 16.6. The summed E-state index contributed by atoms with van der Waals surface area (Å²) in [6, 6.07) is 1.51. The zero-order chi connectivity index (χ0) is 22.1. The van der Waals surface area contributed by atoms with Crippen LogP contribution in [0.2, 0.25) is 0 Å². The predicted octanol–water partition coefficient (Wildman–Crippen LogP) is 4.12. The lowest BCUT2D eigenvalue weighted by atomic mass is 9.66. The number of fused-ring (bicyclic) bond motifs is 3. The first kappa shape index (κ1) is 22.0. The third-order valence-corrected chi connectivity index (χ3v) is 8.90. The number of unbranched alkanes of at least 4 members (excludes halogenated alkanes) is 1. The van der Waals surface area contributed by atoms with Crippen molar-refractivity contribution in [2.75, 3.05) is 32.8 Å². The first-order valence-corrected chi connectivity index (χ1v) is 12.9. The number of nitrogens with zero attached hydrogens (tertiary/aromatic N) is 3. The van der Waals surface area contributed by atoms with Gasteiger partial charge in [0.1, 0.15) is 0 Å². The maximum atomic E-state index is 12.8. The summed E-state index contributed by atoms with van der Waals surface area (Å²) in [6.07, 6.45) is 16.6. The number of allylic oxidation sites excluding steroid dienone is 1. The van der Waals surface area contributed by atoms with E-state index < -0.39 is 0 Å². The monoisotopic (exact) mass is 441 g/mol. The van der Waals surface area contributed by atoms with E-state index in [1.807, 2.05) is 4.90 Å². The van der Waals surface area contributed by atoms with Crippen molar-refractivity contribution in [3.05, 3.63) is 23.3 Å². The molecule has 0 aromatic rings. The van der Waals surface area contributed by atoms with Crippen LogP contribution < -0.4 is 0 Å². The smallest absolute Gasteiger partial charge is 0.410 e. The minimum absolute atomic E-state index is 0.112. The second kappa shape index (κ2) is 9.20. The average Bonchev–Trinajstić information content (AvgIpc) is 3.07. The molecule has 1 spiro atoms. The number of hydrogen-bond donors (Lipinski definition) is 0. The largest absolute Gasteiger partial charge is 0.449 e. The average molecular weight is 442 g/mol. The van der Waals surface area contributed by atoms with Gasteiger partial charge in [0.15, 0.2) is 0 Å². The lowest BCUT2D eigenvalue weighted by Crippen LogP contribution is -2.56. The van der Waals surface area contributed by atoms with E-state index in [0.717, 1.165) is 77.4 Å². The molecule has 6 nitrogen and oxygen atoms in total. The van der Waals surface area contributed by atoms with Crippen molar-refractivity contribution in [2.45, 2.75) is 89.3 Å². The van der Waals surface area contributed by atoms with Crippen LogP contribution in [0.5, 0.6) is 0 Å². The molecule has 0 radical (unpaired) electrons. The van der Waals surface area contributed by atoms with Crippen LogP contribution in [0.25, 0.3) is 0 Å². The maximum absolute atomic E-state index is 12.8. The summed E-state index contributed by atoms with van der Waals surface area (Å²) in [6.45, 7) is 6.36. The summed E-state index contributed by atoms with van der Waals surface area (Å²) in [4.78, 5) is 31.1. The molecule has 0 saturated carbocycles. The number of hydrogen-bond acceptors (Lipinski definition) is 4. The van der Waals surface area contributed by atoms with Crippen LogP contribution in [-0.4, -0.2) is 78.1 Å². The fourth-order valence-corrected chi connectivity index (χ4v) is 7.15. The van der Waals surface area contributed by atoms with Gasteiger partial charge in [-0.1, -0.05) is 31.1 Å². The first-order valence-electron chi connectivity index (χ1n) is 12.9. The molecule has 0 N–H and O–H groups in total. The van der Waals surface area contributed by atoms with Gasteiger partial charge in [0, 0.05) is 36.6 Å². The molecule has 4 aliphatic heterocycles. The number of amides is 2. The molecule has 4 heterocycles. The van der Waals surface area contributed by atoms with E-state index in [4.69, 9.17) is 4.74 Å². The zero-order valence-corrected chi connectivity index (χ0v) is 19.6. The molecule has 2 bridgehead atoms. The van der Waals surface area contributed by atoms with E-state index in [0.29, 0.717) is 31.3 Å². The highest BCUT2D eigenvalue weighted by Gasteiger charge is 2.47. The third-order valence-electron chi connectivity index (χ3n) is 8.90. The minimum atomic E-state index is -0.136. The van der Waals surface area contributed by atoms with E-state index in [1.165, 1.54) is 18.4 Å². The minimum Gasteiger partial charge on any atom is -0.449 e. The Labute approximate surface area is 192 Å². The van der Waals surface area contributed by atoms with Crippen LogP contribution >= 0.6 is 0 Å². The first-order chi connectivity index (χ1) is 15.6. The number of carbonyl (C=O) groups is 2. The van der Waals surface area contributed by atoms with E-state index in [2.05, 4.69) is 28.9 Å². The quantitative estimate of drug-likeness (QED) is 0.476. The SMILES string of the molecule is CCCCOC(=O)N1CC2=C(CCC=C2)C2(CCN(C3CC4CCC(C3)N4C=O)CC2)C1. The van der Waals surface area contributed by atoms with Crippen LogP contribution in [-0.2, 0) is 9.53 Å². The van der Waals surface area contributed by atoms with Crippen molar-refractivity contribution in [1.29, 1.82) is 0 Å². The van der Waals surface area contributed by atoms with Gasteiger partial charge in [0.05, 0.1) is 6.61 Å². The molecule has 0 aromatic carbocycles. The second-order valence-corrected chi connectivity index (χ2v) is 10.6. The van der Waals surface area contributed by atoms with E-state index in [-0.39, 0.29) is 11.5 Å². The number of rotatable bonds is 5. The summed E-state index contributed by atoms with van der Waals surface area (Å²) in [5, 5.41) is 0. The summed E-state index contributed by atoms with van der Waals surface area (Å²) in [5.74, 6) is 0. The third kappa shape index (κ3) is 4.00. The summed E-state index contributed by atoms with van der Waals surface area (Å²) in [7, 11) is 0. The maximum Gasteiger partial charge on any atom is 0.410 e. The molecule has 5 aliphatic rings. The molecular weight excluding hydrogens is 402 g/mol. The van der Waals surface area contributed by atoms with E-state index in [1.54, 1.807) is 5.57 Å². The van der Waals surface area contributed by atoms with E-state index in [9.17, 15) is 9.59 Å². The van der Waals surface area contributed by atoms with Crippen molar-refractivity contribution in [3.8, 4) is 0 Å². The van der Waals surface area contributed by atoms with Gasteiger partial charge in [0.2, 0.25) is 6.41 Å². The highest BCUT2D eigenvalue weighted by molar-refractivity contribution is 5.69. The topological polar surface area (TPSA) is 53.1 Å². The highest BCUT2D eigenvalue weighted by Crippen LogP contribution is 2.48. The Balaban J connectivity index is 1.27. The number of piperidine rings is 2. The molecule has 6 heteroatoms. The van der Waals surface area contributed by atoms with Crippen molar-refractivity contribution < 1.29 is 14.3 Å². The summed E-state index contributed by atoms with van der Waals surface area (Å²) >= 11 is 0. The van der Waals surface area contributed by atoms with Gasteiger partial charge in [-0.15, -0.1) is 0 Å². The van der Waals surface area contributed by atoms with Crippen LogP contribution in [0.3, 0.4) is 0 Å². The van der Waals surface area contributed by atoms with Crippen molar-refractivity contribution in [3.63, 3.8) is 0 Å². The predicted molar refractivity (Wildman–Crippen MR) is 124 cm³/mol. The number of carbonyl (C=O) groups excluding carboxylic acids is 2. The summed E-state index contributed by atoms with van der Waals surface area (Å²) < 4.78 is 5.60. The molecule has 32 heavy (non-hydrogen) atoms. The normalized spacial score (nSPS) is 31.7. The van der Waals surface area contributed by atoms with Crippen LogP contribution in [0.1, 0.15) is 71.1 Å². The molecule has 0 aromatic heterocycles. The number of ether oxygens (including phenoxy) is 1. The van der Waals surface area contributed by atoms with Crippen molar-refractivity contribution in [2.24, 2.45) is 5.41 Å². The Morgan fingerprint density at radius 1 is 1.19 bits per heavy atom. The number of likely N-dealkylation sites (tertiary alicyclic amines) is 1. The second-order valence-electron chi connectivity index (χ2n) is 10.6. The molecule has 2 atom stereocenters. The van der Waals surface area contributed by atoms with Crippen molar-refractivity contribution in [1.82, 2.24) is 14.7 Å². The Morgan fingerprint density at radius 3 is 2.62 bits per heavy atom. The molecule has 3 fully saturated rings. The van der Waals surface area contributed by atoms with Gasteiger partial charge in [-0.2, -0.15) is 0 Å². The van der Waals surface area contributed by atoms with Crippen LogP contribution in [0.15, 0.2) is 23.3 Å². The van der Waals surface area contributed by atoms with Gasteiger partial charge in [-0.25, -0.2) is 4.79 Å². The Morgan fingerprint density at radius 2 is 1.94 bits per heavy atom. The van der Waals surface area contributed by atoms with Gasteiger partial charge >= 0.3 is 6.09 Å². The van der Waals surface area contributed by atoms with Gasteiger partial charge in [-0.05, 0) is 76.5 Å². The van der Waals surface area contributed by atoms with Gasteiger partial charge in [0.25, 0.3) is 0 Å². The molecule has 176 valence electrons. The lowest BCUT2D eigenvalue weighted by Gasteiger charge is -2.52. The Bertz CT molecular complexity index is 769. The van der Waals surface area contributed by atoms with Crippen LogP contribution in [0, 0.1) is 5.41 Å². The lowest BCUT2D eigenvalue weighted by molar-refractivity contribution is -0.123. The Kier molecular flexibility index (Phi) is 6.33. The summed E-state index contributed by atoms with van der Waals surface area (Å²) in [5.41, 5.74) is 3.09. The molecule has 1 aliphatic carbocycles. The molecular formula is C26H39N3O3. The Hall–Kier alpha value is -1.82. The molecule has 2 amide bonds.